The molecule has 0 atom stereocenters. The van der Waals surface area contributed by atoms with Gasteiger partial charge in [0.25, 0.3) is 11.8 Å². The highest BCUT2D eigenvalue weighted by Crippen LogP contribution is 2.29. The summed E-state index contributed by atoms with van der Waals surface area (Å²) in [7, 11) is 0. The number of carbonyl (C=O) groups is 3. The van der Waals surface area contributed by atoms with Crippen LogP contribution in [0.15, 0.2) is 24.3 Å². The first-order valence-corrected chi connectivity index (χ1v) is 8.84. The van der Waals surface area contributed by atoms with Crippen LogP contribution in [0.3, 0.4) is 0 Å². The average Bonchev–Trinajstić information content (AvgIpc) is 3.42. The van der Waals surface area contributed by atoms with E-state index in [1.807, 2.05) is 6.92 Å². The van der Waals surface area contributed by atoms with Crippen LogP contribution in [-0.2, 0) is 14.3 Å². The van der Waals surface area contributed by atoms with Crippen molar-refractivity contribution in [2.45, 2.75) is 26.2 Å². The summed E-state index contributed by atoms with van der Waals surface area (Å²) in [5, 5.41) is 2.98. The number of halogens is 1. The molecule has 25 heavy (non-hydrogen) atoms. The van der Waals surface area contributed by atoms with Gasteiger partial charge < -0.3 is 15.0 Å². The predicted molar refractivity (Wildman–Crippen MR) is 94.3 cm³/mol. The summed E-state index contributed by atoms with van der Waals surface area (Å²) in [6.45, 7) is 2.83. The lowest BCUT2D eigenvalue weighted by molar-refractivity contribution is -0.151. The smallest absolute Gasteiger partial charge is 0.325 e. The van der Waals surface area contributed by atoms with Crippen LogP contribution < -0.4 is 5.32 Å². The molecule has 136 valence electrons. The number of esters is 1. The Labute approximate surface area is 152 Å². The average molecular weight is 367 g/mol. The summed E-state index contributed by atoms with van der Waals surface area (Å²) in [5.41, 5.74) is 0.395. The number of hydrogen-bond donors (Lipinski definition) is 1. The molecule has 6 nitrogen and oxygen atoms in total. The number of nitrogens with one attached hydrogen (secondary N) is 1. The van der Waals surface area contributed by atoms with Crippen molar-refractivity contribution in [3.63, 3.8) is 0 Å². The molecule has 0 unspecified atom stereocenters. The molecule has 1 aromatic rings. The number of benzene rings is 1. The number of nitrogens with zero attached hydrogens (tertiary/aromatic N) is 1. The van der Waals surface area contributed by atoms with Gasteiger partial charge in [-0.2, -0.15) is 0 Å². The molecule has 0 spiro atoms. The highest BCUT2D eigenvalue weighted by molar-refractivity contribution is 6.30. The molecule has 1 N–H and O–H groups in total. The van der Waals surface area contributed by atoms with Gasteiger partial charge in [0.2, 0.25) is 0 Å². The molecule has 1 aliphatic carbocycles. The van der Waals surface area contributed by atoms with E-state index in [1.54, 1.807) is 29.2 Å². The van der Waals surface area contributed by atoms with Crippen molar-refractivity contribution in [3.8, 4) is 0 Å². The van der Waals surface area contributed by atoms with Gasteiger partial charge in [0, 0.05) is 23.7 Å². The minimum atomic E-state index is -0.640. The van der Waals surface area contributed by atoms with Crippen LogP contribution in [0, 0.1) is 5.92 Å². The molecule has 0 saturated heterocycles. The minimum Gasteiger partial charge on any atom is -0.454 e. The largest absolute Gasteiger partial charge is 0.454 e. The molecule has 2 rings (SSSR count). The number of carbonyl (C=O) groups excluding carboxylic acids is 3. The van der Waals surface area contributed by atoms with Crippen LogP contribution in [0.1, 0.15) is 36.5 Å². The second-order valence-corrected chi connectivity index (χ2v) is 6.57. The highest BCUT2D eigenvalue weighted by atomic mass is 35.5. The minimum absolute atomic E-state index is 0.189. The first-order chi connectivity index (χ1) is 12.0. The van der Waals surface area contributed by atoms with Crippen molar-refractivity contribution in [2.75, 3.05) is 26.2 Å². The molecule has 0 heterocycles. The lowest BCUT2D eigenvalue weighted by Gasteiger charge is -2.21. The Bertz CT molecular complexity index is 614. The molecule has 0 bridgehead atoms. The van der Waals surface area contributed by atoms with Crippen molar-refractivity contribution >= 4 is 29.4 Å². The van der Waals surface area contributed by atoms with Gasteiger partial charge in [-0.15, -0.1) is 0 Å². The quantitative estimate of drug-likeness (QED) is 0.680. The number of hydrogen-bond acceptors (Lipinski definition) is 4. The third-order valence-corrected chi connectivity index (χ3v) is 4.13. The molecule has 7 heteroatoms. The second kappa shape index (κ2) is 9.42. The van der Waals surface area contributed by atoms with Gasteiger partial charge in [-0.05, 0) is 49.4 Å². The fourth-order valence-electron chi connectivity index (χ4n) is 2.34. The Hall–Kier alpha value is -2.08. The standard InChI is InChI=1S/C18H23ClN2O4/c1-2-9-21(11-13-3-4-13)16(22)12-25-17(23)10-20-18(24)14-5-7-15(19)8-6-14/h5-8,13H,2-4,9-12H2,1H3,(H,20,24). The molecule has 0 aromatic heterocycles. The van der Waals surface area contributed by atoms with Gasteiger partial charge in [0.1, 0.15) is 6.54 Å². The monoisotopic (exact) mass is 366 g/mol. The van der Waals surface area contributed by atoms with Crippen LogP contribution in [-0.4, -0.2) is 48.9 Å². The van der Waals surface area contributed by atoms with Crippen LogP contribution in [0.2, 0.25) is 5.02 Å². The second-order valence-electron chi connectivity index (χ2n) is 6.13. The van der Waals surface area contributed by atoms with E-state index in [4.69, 9.17) is 16.3 Å². The fourth-order valence-corrected chi connectivity index (χ4v) is 2.47. The van der Waals surface area contributed by atoms with Crippen molar-refractivity contribution in [3.05, 3.63) is 34.9 Å². The molecular formula is C18H23ClN2O4. The third kappa shape index (κ3) is 6.74. The first kappa shape index (κ1) is 19.2. The van der Waals surface area contributed by atoms with Crippen LogP contribution in [0.5, 0.6) is 0 Å². The topological polar surface area (TPSA) is 75.7 Å². The summed E-state index contributed by atoms with van der Waals surface area (Å²) in [5.74, 6) is -0.643. The van der Waals surface area contributed by atoms with Gasteiger partial charge >= 0.3 is 5.97 Å². The van der Waals surface area contributed by atoms with E-state index in [9.17, 15) is 14.4 Å². The Morgan fingerprint density at radius 2 is 1.92 bits per heavy atom. The van der Waals surface area contributed by atoms with Gasteiger partial charge in [0.05, 0.1) is 0 Å². The van der Waals surface area contributed by atoms with E-state index in [2.05, 4.69) is 5.32 Å². The predicted octanol–water partition coefficient (Wildman–Crippen LogP) is 2.26. The Balaban J connectivity index is 1.71. The van der Waals surface area contributed by atoms with Crippen LogP contribution in [0.25, 0.3) is 0 Å². The summed E-state index contributed by atoms with van der Waals surface area (Å²) in [6.07, 6.45) is 3.18. The third-order valence-electron chi connectivity index (χ3n) is 3.88. The fraction of sp³-hybridized carbons (Fsp3) is 0.500. The zero-order chi connectivity index (χ0) is 18.2. The SMILES string of the molecule is CCCN(CC1CC1)C(=O)COC(=O)CNC(=O)c1ccc(Cl)cc1. The van der Waals surface area contributed by atoms with E-state index < -0.39 is 11.9 Å². The first-order valence-electron chi connectivity index (χ1n) is 8.46. The maximum absolute atomic E-state index is 12.1. The molecule has 1 fully saturated rings. The van der Waals surface area contributed by atoms with E-state index in [0.29, 0.717) is 23.0 Å². The lowest BCUT2D eigenvalue weighted by atomic mass is 10.2. The Kier molecular flexibility index (Phi) is 7.25. The van der Waals surface area contributed by atoms with Crippen molar-refractivity contribution in [2.24, 2.45) is 5.92 Å². The van der Waals surface area contributed by atoms with E-state index in [-0.39, 0.29) is 19.1 Å². The van der Waals surface area contributed by atoms with Crippen LogP contribution in [0.4, 0.5) is 0 Å². The molecular weight excluding hydrogens is 344 g/mol. The molecule has 0 radical (unpaired) electrons. The van der Waals surface area contributed by atoms with Crippen molar-refractivity contribution in [1.82, 2.24) is 10.2 Å². The summed E-state index contributed by atoms with van der Waals surface area (Å²) < 4.78 is 4.97. The van der Waals surface area contributed by atoms with Gasteiger partial charge in [-0.1, -0.05) is 18.5 Å². The number of ether oxygens (including phenoxy) is 1. The summed E-state index contributed by atoms with van der Waals surface area (Å²) in [6, 6.07) is 6.31. The van der Waals surface area contributed by atoms with Crippen molar-refractivity contribution < 1.29 is 19.1 Å². The number of amides is 2. The Morgan fingerprint density at radius 1 is 1.24 bits per heavy atom. The number of rotatable bonds is 9. The van der Waals surface area contributed by atoms with E-state index in [1.165, 1.54) is 0 Å². The molecule has 0 aliphatic heterocycles. The zero-order valence-electron chi connectivity index (χ0n) is 14.3. The highest BCUT2D eigenvalue weighted by Gasteiger charge is 2.26. The molecule has 1 saturated carbocycles. The normalized spacial score (nSPS) is 13.2. The van der Waals surface area contributed by atoms with Gasteiger partial charge in [-0.25, -0.2) is 0 Å². The Morgan fingerprint density at radius 3 is 2.52 bits per heavy atom. The van der Waals surface area contributed by atoms with Gasteiger partial charge in [-0.3, -0.25) is 14.4 Å². The van der Waals surface area contributed by atoms with E-state index >= 15 is 0 Å². The summed E-state index contributed by atoms with van der Waals surface area (Å²) in [4.78, 5) is 37.5. The van der Waals surface area contributed by atoms with Gasteiger partial charge in [0.15, 0.2) is 6.61 Å². The van der Waals surface area contributed by atoms with Crippen LogP contribution >= 0.6 is 11.6 Å². The maximum Gasteiger partial charge on any atom is 0.325 e. The molecule has 1 aliphatic rings. The zero-order valence-corrected chi connectivity index (χ0v) is 15.1. The maximum atomic E-state index is 12.1. The molecule has 2 amide bonds. The molecule has 1 aromatic carbocycles. The lowest BCUT2D eigenvalue weighted by Crippen LogP contribution is -2.38. The van der Waals surface area contributed by atoms with E-state index in [0.717, 1.165) is 25.8 Å². The summed E-state index contributed by atoms with van der Waals surface area (Å²) >= 11 is 5.76. The van der Waals surface area contributed by atoms with Crippen molar-refractivity contribution in [1.29, 1.82) is 0 Å².